The van der Waals surface area contributed by atoms with Crippen LogP contribution < -0.4 is 0 Å². The van der Waals surface area contributed by atoms with Gasteiger partial charge < -0.3 is 4.90 Å². The second-order valence-electron chi connectivity index (χ2n) is 9.14. The zero-order chi connectivity index (χ0) is 24.5. The average molecular weight is 484 g/mol. The van der Waals surface area contributed by atoms with Crippen LogP contribution in [0.15, 0.2) is 54.6 Å². The number of rotatable bonds is 7. The lowest BCUT2D eigenvalue weighted by Gasteiger charge is -2.37. The van der Waals surface area contributed by atoms with Crippen molar-refractivity contribution in [2.75, 3.05) is 26.2 Å². The third kappa shape index (κ3) is 4.76. The molecule has 0 spiro atoms. The topological polar surface area (TPSA) is 95.1 Å². The molecule has 3 amide bonds. The van der Waals surface area contributed by atoms with Crippen LogP contribution in [0, 0.1) is 5.92 Å². The Morgan fingerprint density at radius 2 is 1.38 bits per heavy atom. The standard InChI is InChI=1S/C25H29N3O5S/c1-18(2)16-22(28-23(29)20-10-6-7-11-21(20)24(28)30)25(31)26-12-14-27(15-13-26)34(32,33)17-19-8-4-3-5-9-19/h3-11,18,22H,12-17H2,1-2H3/t22-/m1/s1. The molecule has 2 aliphatic rings. The van der Waals surface area contributed by atoms with E-state index in [9.17, 15) is 22.8 Å². The SMILES string of the molecule is CC(C)C[C@H](C(=O)N1CCN(S(=O)(=O)Cc2ccccc2)CC1)N1C(=O)c2ccccc2C1=O. The van der Waals surface area contributed by atoms with Gasteiger partial charge in [-0.25, -0.2) is 8.42 Å². The molecule has 2 heterocycles. The van der Waals surface area contributed by atoms with Gasteiger partial charge in [-0.2, -0.15) is 4.31 Å². The minimum absolute atomic E-state index is 0.0748. The van der Waals surface area contributed by atoms with Gasteiger partial charge in [0.05, 0.1) is 16.9 Å². The number of piperazine rings is 1. The van der Waals surface area contributed by atoms with Crippen LogP contribution in [-0.4, -0.2) is 72.5 Å². The fourth-order valence-corrected chi connectivity index (χ4v) is 6.04. The van der Waals surface area contributed by atoms with Gasteiger partial charge in [0.25, 0.3) is 11.8 Å². The van der Waals surface area contributed by atoms with Gasteiger partial charge in [-0.15, -0.1) is 0 Å². The molecule has 0 bridgehead atoms. The average Bonchev–Trinajstić information content (AvgIpc) is 3.07. The Hall–Kier alpha value is -3.04. The minimum Gasteiger partial charge on any atom is -0.338 e. The zero-order valence-corrected chi connectivity index (χ0v) is 20.2. The molecule has 4 rings (SSSR count). The summed E-state index contributed by atoms with van der Waals surface area (Å²) in [5, 5.41) is 0. The summed E-state index contributed by atoms with van der Waals surface area (Å²) >= 11 is 0. The van der Waals surface area contributed by atoms with Crippen molar-refractivity contribution in [1.82, 2.24) is 14.1 Å². The van der Waals surface area contributed by atoms with E-state index in [0.717, 1.165) is 4.90 Å². The molecule has 2 aromatic carbocycles. The lowest BCUT2D eigenvalue weighted by molar-refractivity contribution is -0.137. The molecule has 0 unspecified atom stereocenters. The second kappa shape index (κ2) is 9.68. The van der Waals surface area contributed by atoms with Crippen molar-refractivity contribution in [2.24, 2.45) is 5.92 Å². The maximum absolute atomic E-state index is 13.5. The van der Waals surface area contributed by atoms with Gasteiger partial charge in [-0.1, -0.05) is 56.3 Å². The van der Waals surface area contributed by atoms with Crippen molar-refractivity contribution in [2.45, 2.75) is 32.1 Å². The molecule has 34 heavy (non-hydrogen) atoms. The molecule has 2 aromatic rings. The highest BCUT2D eigenvalue weighted by molar-refractivity contribution is 7.88. The smallest absolute Gasteiger partial charge is 0.262 e. The van der Waals surface area contributed by atoms with Crippen LogP contribution in [0.1, 0.15) is 46.5 Å². The number of sulfonamides is 1. The summed E-state index contributed by atoms with van der Waals surface area (Å²) in [5.74, 6) is -1.24. The molecule has 0 aliphatic carbocycles. The third-order valence-electron chi connectivity index (χ3n) is 6.25. The van der Waals surface area contributed by atoms with Gasteiger partial charge in [0.1, 0.15) is 6.04 Å². The lowest BCUT2D eigenvalue weighted by Crippen LogP contribution is -2.57. The van der Waals surface area contributed by atoms with E-state index >= 15 is 0 Å². The van der Waals surface area contributed by atoms with E-state index < -0.39 is 27.9 Å². The summed E-state index contributed by atoms with van der Waals surface area (Å²) in [6.45, 7) is 4.66. The Morgan fingerprint density at radius 1 is 0.853 bits per heavy atom. The number of amides is 3. The maximum Gasteiger partial charge on any atom is 0.262 e. The van der Waals surface area contributed by atoms with E-state index in [-0.39, 0.29) is 43.8 Å². The van der Waals surface area contributed by atoms with Crippen molar-refractivity contribution >= 4 is 27.7 Å². The van der Waals surface area contributed by atoms with Gasteiger partial charge in [0, 0.05) is 26.2 Å². The molecular formula is C25H29N3O5S. The molecule has 0 aromatic heterocycles. The first kappa shape index (κ1) is 24.1. The second-order valence-corrected chi connectivity index (χ2v) is 11.1. The van der Waals surface area contributed by atoms with E-state index in [1.165, 1.54) is 4.31 Å². The molecule has 1 saturated heterocycles. The summed E-state index contributed by atoms with van der Waals surface area (Å²) in [5.41, 5.74) is 1.33. The number of hydrogen-bond acceptors (Lipinski definition) is 5. The zero-order valence-electron chi connectivity index (χ0n) is 19.4. The maximum atomic E-state index is 13.5. The highest BCUT2D eigenvalue weighted by atomic mass is 32.2. The molecule has 1 atom stereocenters. The molecule has 0 saturated carbocycles. The van der Waals surface area contributed by atoms with Gasteiger partial charge in [-0.3, -0.25) is 19.3 Å². The van der Waals surface area contributed by atoms with Crippen molar-refractivity contribution in [3.8, 4) is 0 Å². The van der Waals surface area contributed by atoms with E-state index in [2.05, 4.69) is 0 Å². The predicted molar refractivity (Wildman–Crippen MR) is 127 cm³/mol. The highest BCUT2D eigenvalue weighted by Crippen LogP contribution is 2.28. The van der Waals surface area contributed by atoms with Crippen LogP contribution in [-0.2, 0) is 20.6 Å². The van der Waals surface area contributed by atoms with E-state index in [0.29, 0.717) is 23.1 Å². The van der Waals surface area contributed by atoms with Crippen LogP contribution in [0.25, 0.3) is 0 Å². The molecule has 1 fully saturated rings. The Labute approximate surface area is 200 Å². The molecule has 0 N–H and O–H groups in total. The minimum atomic E-state index is -3.52. The third-order valence-corrected chi connectivity index (χ3v) is 8.10. The Balaban J connectivity index is 1.47. The lowest BCUT2D eigenvalue weighted by atomic mass is 10.0. The largest absolute Gasteiger partial charge is 0.338 e. The fourth-order valence-electron chi connectivity index (χ4n) is 4.53. The van der Waals surface area contributed by atoms with E-state index in [1.54, 1.807) is 53.4 Å². The van der Waals surface area contributed by atoms with Gasteiger partial charge >= 0.3 is 0 Å². The Morgan fingerprint density at radius 3 is 1.91 bits per heavy atom. The number of hydrogen-bond donors (Lipinski definition) is 0. The number of nitrogens with zero attached hydrogens (tertiary/aromatic N) is 3. The predicted octanol–water partition coefficient (Wildman–Crippen LogP) is 2.37. The van der Waals surface area contributed by atoms with Crippen LogP contribution in [0.2, 0.25) is 0 Å². The molecule has 180 valence electrons. The molecule has 9 heteroatoms. The summed E-state index contributed by atoms with van der Waals surface area (Å²) in [6, 6.07) is 14.7. The molecule has 2 aliphatic heterocycles. The number of carbonyl (C=O) groups excluding carboxylic acids is 3. The number of imide groups is 1. The molecule has 8 nitrogen and oxygen atoms in total. The van der Waals surface area contributed by atoms with Crippen molar-refractivity contribution in [1.29, 1.82) is 0 Å². The van der Waals surface area contributed by atoms with Crippen LogP contribution in [0.5, 0.6) is 0 Å². The Kier molecular flexibility index (Phi) is 6.86. The van der Waals surface area contributed by atoms with Gasteiger partial charge in [-0.05, 0) is 30.0 Å². The van der Waals surface area contributed by atoms with Crippen molar-refractivity contribution in [3.05, 3.63) is 71.3 Å². The normalized spacial score (nSPS) is 17.9. The number of benzene rings is 2. The highest BCUT2D eigenvalue weighted by Gasteiger charge is 2.44. The van der Waals surface area contributed by atoms with Gasteiger partial charge in [0.15, 0.2) is 0 Å². The monoisotopic (exact) mass is 483 g/mol. The molecular weight excluding hydrogens is 454 g/mol. The van der Waals surface area contributed by atoms with Crippen LogP contribution in [0.4, 0.5) is 0 Å². The van der Waals surface area contributed by atoms with Crippen LogP contribution in [0.3, 0.4) is 0 Å². The summed E-state index contributed by atoms with van der Waals surface area (Å²) in [4.78, 5) is 42.2. The first-order valence-corrected chi connectivity index (χ1v) is 13.1. The molecule has 0 radical (unpaired) electrons. The number of fused-ring (bicyclic) bond motifs is 1. The number of carbonyl (C=O) groups is 3. The first-order chi connectivity index (χ1) is 16.2. The van der Waals surface area contributed by atoms with Gasteiger partial charge in [0.2, 0.25) is 15.9 Å². The summed E-state index contributed by atoms with van der Waals surface area (Å²) in [6.07, 6.45) is 0.344. The van der Waals surface area contributed by atoms with E-state index in [4.69, 9.17) is 0 Å². The van der Waals surface area contributed by atoms with Crippen molar-refractivity contribution < 1.29 is 22.8 Å². The summed E-state index contributed by atoms with van der Waals surface area (Å²) in [7, 11) is -3.52. The Bertz CT molecular complexity index is 1150. The van der Waals surface area contributed by atoms with Crippen molar-refractivity contribution in [3.63, 3.8) is 0 Å². The van der Waals surface area contributed by atoms with Crippen LogP contribution >= 0.6 is 0 Å². The quantitative estimate of drug-likeness (QED) is 0.564. The first-order valence-electron chi connectivity index (χ1n) is 11.5. The fraction of sp³-hybridized carbons (Fsp3) is 0.400. The van der Waals surface area contributed by atoms with E-state index in [1.807, 2.05) is 19.9 Å². The summed E-state index contributed by atoms with van der Waals surface area (Å²) < 4.78 is 27.1.